The fourth-order valence-electron chi connectivity index (χ4n) is 2.35. The van der Waals surface area contributed by atoms with Gasteiger partial charge in [0.25, 0.3) is 0 Å². The van der Waals surface area contributed by atoms with Gasteiger partial charge in [0.1, 0.15) is 0 Å². The molecule has 0 radical (unpaired) electrons. The maximum absolute atomic E-state index is 2.61. The molecule has 2 nitrogen and oxygen atoms in total. The number of hydrogen-bond donors (Lipinski definition) is 0. The van der Waals surface area contributed by atoms with E-state index < -0.39 is 0 Å². The molecule has 1 aliphatic heterocycles. The van der Waals surface area contributed by atoms with Crippen LogP contribution in [0, 0.1) is 0 Å². The monoisotopic (exact) mass is 182 g/mol. The van der Waals surface area contributed by atoms with Gasteiger partial charge in [-0.1, -0.05) is 0 Å². The van der Waals surface area contributed by atoms with Crippen LogP contribution in [0.1, 0.15) is 33.1 Å². The van der Waals surface area contributed by atoms with Crippen molar-refractivity contribution in [1.82, 2.24) is 9.80 Å². The molecule has 1 heterocycles. The van der Waals surface area contributed by atoms with Crippen LogP contribution in [-0.4, -0.2) is 48.1 Å². The molecule has 1 atom stereocenters. The third-order valence-corrected chi connectivity index (χ3v) is 3.62. The molecule has 2 heteroatoms. The zero-order chi connectivity index (χ0) is 9.42. The third-order valence-electron chi connectivity index (χ3n) is 3.62. The first kappa shape index (κ1) is 9.47. The number of likely N-dealkylation sites (tertiary alicyclic amines) is 1. The van der Waals surface area contributed by atoms with Crippen LogP contribution in [0.4, 0.5) is 0 Å². The van der Waals surface area contributed by atoms with Gasteiger partial charge in [-0.15, -0.1) is 0 Å². The fourth-order valence-corrected chi connectivity index (χ4v) is 2.35. The molecule has 0 N–H and O–H groups in total. The van der Waals surface area contributed by atoms with E-state index in [1.807, 2.05) is 0 Å². The summed E-state index contributed by atoms with van der Waals surface area (Å²) in [5, 5.41) is 0. The fraction of sp³-hybridized carbons (Fsp3) is 1.00. The van der Waals surface area contributed by atoms with E-state index in [0.29, 0.717) is 0 Å². The summed E-state index contributed by atoms with van der Waals surface area (Å²) in [6.07, 6.45) is 4.26. The zero-order valence-electron chi connectivity index (χ0n) is 9.16. The molecule has 1 saturated heterocycles. The molecule has 0 aromatic heterocycles. The van der Waals surface area contributed by atoms with Gasteiger partial charge in [0.05, 0.1) is 0 Å². The largest absolute Gasteiger partial charge is 0.299 e. The summed E-state index contributed by atoms with van der Waals surface area (Å²) in [6, 6.07) is 2.50. The number of likely N-dealkylation sites (N-methyl/N-ethyl adjacent to an activating group) is 1. The van der Waals surface area contributed by atoms with E-state index in [2.05, 4.69) is 30.7 Å². The summed E-state index contributed by atoms with van der Waals surface area (Å²) in [7, 11) is 2.31. The Labute approximate surface area is 81.9 Å². The van der Waals surface area contributed by atoms with E-state index in [9.17, 15) is 0 Å². The van der Waals surface area contributed by atoms with Crippen LogP contribution in [0.5, 0.6) is 0 Å². The van der Waals surface area contributed by atoms with Crippen LogP contribution in [0.2, 0.25) is 0 Å². The van der Waals surface area contributed by atoms with Crippen molar-refractivity contribution >= 4 is 0 Å². The summed E-state index contributed by atoms with van der Waals surface area (Å²) < 4.78 is 0. The lowest BCUT2D eigenvalue weighted by Gasteiger charge is -2.25. The summed E-state index contributed by atoms with van der Waals surface area (Å²) in [6.45, 7) is 7.21. The van der Waals surface area contributed by atoms with E-state index in [1.165, 1.54) is 32.4 Å². The van der Waals surface area contributed by atoms with Crippen molar-refractivity contribution < 1.29 is 0 Å². The highest BCUT2D eigenvalue weighted by atomic mass is 15.3. The van der Waals surface area contributed by atoms with E-state index in [4.69, 9.17) is 0 Å². The lowest BCUT2D eigenvalue weighted by Crippen LogP contribution is -2.37. The summed E-state index contributed by atoms with van der Waals surface area (Å²) in [5.41, 5.74) is 0. The van der Waals surface area contributed by atoms with Gasteiger partial charge in [-0.25, -0.2) is 0 Å². The highest BCUT2D eigenvalue weighted by Gasteiger charge is 2.34. The second kappa shape index (κ2) is 3.58. The number of rotatable bonds is 3. The molecule has 0 bridgehead atoms. The molecular weight excluding hydrogens is 160 g/mol. The molecule has 0 unspecified atom stereocenters. The summed E-state index contributed by atoms with van der Waals surface area (Å²) in [4.78, 5) is 5.21. The van der Waals surface area contributed by atoms with E-state index in [0.717, 1.165) is 18.1 Å². The standard InChI is InChI=1S/C11H22N2/c1-9(2)13-7-6-11(8-13)12(3)10-4-5-10/h9-11H,4-8H2,1-3H3/t11-/m0/s1. The first-order valence-corrected chi connectivity index (χ1v) is 5.64. The smallest absolute Gasteiger partial charge is 0.0235 e. The van der Waals surface area contributed by atoms with Crippen molar-refractivity contribution in [2.24, 2.45) is 0 Å². The van der Waals surface area contributed by atoms with Gasteiger partial charge < -0.3 is 0 Å². The molecule has 2 rings (SSSR count). The van der Waals surface area contributed by atoms with E-state index in [-0.39, 0.29) is 0 Å². The second-order valence-electron chi connectivity index (χ2n) is 4.93. The van der Waals surface area contributed by atoms with Gasteiger partial charge in [-0.2, -0.15) is 0 Å². The Balaban J connectivity index is 1.82. The molecule has 0 amide bonds. The molecule has 2 fully saturated rings. The third kappa shape index (κ3) is 2.05. The van der Waals surface area contributed by atoms with Crippen LogP contribution in [0.3, 0.4) is 0 Å². The molecule has 0 spiro atoms. The van der Waals surface area contributed by atoms with Crippen molar-refractivity contribution in [2.45, 2.75) is 51.2 Å². The Bertz CT molecular complexity index is 175. The Hall–Kier alpha value is -0.0800. The summed E-state index contributed by atoms with van der Waals surface area (Å²) in [5.74, 6) is 0. The number of hydrogen-bond acceptors (Lipinski definition) is 2. The first-order chi connectivity index (χ1) is 6.18. The molecular formula is C11H22N2. The maximum atomic E-state index is 2.61. The van der Waals surface area contributed by atoms with Crippen LogP contribution < -0.4 is 0 Å². The maximum Gasteiger partial charge on any atom is 0.0235 e. The van der Waals surface area contributed by atoms with Gasteiger partial charge in [0.15, 0.2) is 0 Å². The minimum absolute atomic E-state index is 0.734. The average Bonchev–Trinajstić information content (AvgIpc) is 2.81. The van der Waals surface area contributed by atoms with Crippen molar-refractivity contribution in [2.75, 3.05) is 20.1 Å². The average molecular weight is 182 g/mol. The van der Waals surface area contributed by atoms with Gasteiger partial charge in [0, 0.05) is 31.2 Å². The lowest BCUT2D eigenvalue weighted by molar-refractivity contribution is 0.207. The Morgan fingerprint density at radius 3 is 2.31 bits per heavy atom. The highest BCUT2D eigenvalue weighted by Crippen LogP contribution is 2.30. The molecule has 1 aliphatic carbocycles. The summed E-state index contributed by atoms with van der Waals surface area (Å²) >= 11 is 0. The Morgan fingerprint density at radius 1 is 1.15 bits per heavy atom. The van der Waals surface area contributed by atoms with Crippen molar-refractivity contribution in [3.63, 3.8) is 0 Å². The topological polar surface area (TPSA) is 6.48 Å². The van der Waals surface area contributed by atoms with Gasteiger partial charge >= 0.3 is 0 Å². The molecule has 0 aromatic carbocycles. The van der Waals surface area contributed by atoms with Gasteiger partial charge in [-0.3, -0.25) is 9.80 Å². The second-order valence-corrected chi connectivity index (χ2v) is 4.93. The quantitative estimate of drug-likeness (QED) is 0.653. The minimum atomic E-state index is 0.734. The predicted octanol–water partition coefficient (Wildman–Crippen LogP) is 1.56. The number of nitrogens with zero attached hydrogens (tertiary/aromatic N) is 2. The van der Waals surface area contributed by atoms with Crippen LogP contribution in [0.15, 0.2) is 0 Å². The van der Waals surface area contributed by atoms with Crippen LogP contribution in [0.25, 0.3) is 0 Å². The molecule has 13 heavy (non-hydrogen) atoms. The zero-order valence-corrected chi connectivity index (χ0v) is 9.16. The van der Waals surface area contributed by atoms with Crippen LogP contribution >= 0.6 is 0 Å². The molecule has 76 valence electrons. The van der Waals surface area contributed by atoms with Crippen molar-refractivity contribution in [1.29, 1.82) is 0 Å². The van der Waals surface area contributed by atoms with Crippen LogP contribution in [-0.2, 0) is 0 Å². The highest BCUT2D eigenvalue weighted by molar-refractivity contribution is 4.91. The van der Waals surface area contributed by atoms with E-state index in [1.54, 1.807) is 0 Å². The minimum Gasteiger partial charge on any atom is -0.299 e. The van der Waals surface area contributed by atoms with Crippen molar-refractivity contribution in [3.05, 3.63) is 0 Å². The normalized spacial score (nSPS) is 30.7. The van der Waals surface area contributed by atoms with Gasteiger partial charge in [0.2, 0.25) is 0 Å². The molecule has 1 saturated carbocycles. The van der Waals surface area contributed by atoms with Gasteiger partial charge in [-0.05, 0) is 40.2 Å². The SMILES string of the molecule is CC(C)N1CC[C@H](N(C)C2CC2)C1. The molecule has 2 aliphatic rings. The lowest BCUT2D eigenvalue weighted by atomic mass is 10.2. The Kier molecular flexibility index (Phi) is 2.61. The van der Waals surface area contributed by atoms with Crippen molar-refractivity contribution in [3.8, 4) is 0 Å². The first-order valence-electron chi connectivity index (χ1n) is 5.64. The van der Waals surface area contributed by atoms with E-state index >= 15 is 0 Å². The Morgan fingerprint density at radius 2 is 1.85 bits per heavy atom. The molecule has 0 aromatic rings. The predicted molar refractivity (Wildman–Crippen MR) is 55.9 cm³/mol.